The van der Waals surface area contributed by atoms with Gasteiger partial charge in [-0.2, -0.15) is 16.7 Å². The fourth-order valence-electron chi connectivity index (χ4n) is 8.36. The second-order valence-corrected chi connectivity index (χ2v) is 14.5. The molecule has 0 aliphatic carbocycles. The maximum atomic E-state index is 5.01. The van der Waals surface area contributed by atoms with Crippen molar-refractivity contribution >= 4 is 49.9 Å². The normalized spacial score (nSPS) is 11.2. The molecule has 3 heterocycles. The molecule has 288 valence electrons. The predicted molar refractivity (Wildman–Crippen MR) is 242 cm³/mol. The van der Waals surface area contributed by atoms with E-state index in [0.29, 0.717) is 0 Å². The summed E-state index contributed by atoms with van der Waals surface area (Å²) in [5.74, 6) is 0.830. The summed E-state index contributed by atoms with van der Waals surface area (Å²) in [5.41, 5.74) is 13.7. The molecule has 0 saturated heterocycles. The van der Waals surface area contributed by atoms with Crippen LogP contribution in [-0.2, 0) is 21.1 Å². The van der Waals surface area contributed by atoms with Crippen molar-refractivity contribution in [3.63, 3.8) is 0 Å². The molecule has 3 aromatic heterocycles. The third-order valence-electron chi connectivity index (χ3n) is 11.1. The molecule has 0 bridgehead atoms. The Bertz CT molecular complexity index is 3280. The Hall–Kier alpha value is -7.33. The van der Waals surface area contributed by atoms with E-state index in [1.54, 1.807) is 0 Å². The first-order valence-electron chi connectivity index (χ1n) is 19.8. The number of benzene rings is 8. The number of para-hydroxylation sites is 5. The third kappa shape index (κ3) is 6.50. The van der Waals surface area contributed by atoms with Crippen molar-refractivity contribution in [2.24, 2.45) is 0 Å². The van der Waals surface area contributed by atoms with Crippen LogP contribution < -0.4 is 4.90 Å². The standard InChI is InChI=1S/C54H36N5.Pt/c1-4-17-39(18-5-1)46-25-10-11-26-47(46)40-33-34-55-54(35-40)59-50-28-13-12-27-48(50)49-32-31-45(37-53(49)59)58(42-21-8-3-9-22-42)44-24-16-23-43(36-44)57-38-56(41-19-6-2-7-20-41)51-29-14-15-30-52(51)57;/h1-35,38H;/q-1;. The van der Waals surface area contributed by atoms with E-state index < -0.39 is 0 Å². The molecule has 0 amide bonds. The number of pyridine rings is 1. The van der Waals surface area contributed by atoms with Gasteiger partial charge in [0.2, 0.25) is 0 Å². The summed E-state index contributed by atoms with van der Waals surface area (Å²) < 4.78 is 6.70. The number of imidazole rings is 1. The van der Waals surface area contributed by atoms with Gasteiger partial charge in [-0.25, -0.2) is 9.55 Å². The van der Waals surface area contributed by atoms with Crippen LogP contribution in [0.4, 0.5) is 17.1 Å². The Labute approximate surface area is 363 Å². The monoisotopic (exact) mass is 949 g/mol. The smallest absolute Gasteiger partial charge is 0.168 e. The fraction of sp³-hybridized carbons (Fsp3) is 0. The second kappa shape index (κ2) is 15.8. The molecule has 8 aromatic carbocycles. The summed E-state index contributed by atoms with van der Waals surface area (Å²) in [6, 6.07) is 79.9. The van der Waals surface area contributed by atoms with Gasteiger partial charge >= 0.3 is 0 Å². The minimum absolute atomic E-state index is 0. The van der Waals surface area contributed by atoms with Crippen LogP contribution >= 0.6 is 0 Å². The molecular weight excluding hydrogens is 914 g/mol. The molecule has 0 aliphatic heterocycles. The molecule has 0 aliphatic rings. The van der Waals surface area contributed by atoms with Crippen LogP contribution in [0.15, 0.2) is 219 Å². The third-order valence-corrected chi connectivity index (χ3v) is 11.1. The zero-order chi connectivity index (χ0) is 39.1. The molecular formula is C54H36N5Pt-. The minimum atomic E-state index is 0. The average molecular weight is 950 g/mol. The number of aromatic nitrogens is 4. The van der Waals surface area contributed by atoms with E-state index in [2.05, 4.69) is 237 Å². The summed E-state index contributed by atoms with van der Waals surface area (Å²) in [5, 5.41) is 2.25. The zero-order valence-corrected chi connectivity index (χ0v) is 34.6. The molecule has 11 aromatic rings. The van der Waals surface area contributed by atoms with Crippen LogP contribution in [0.5, 0.6) is 0 Å². The Morgan fingerprint density at radius 2 is 1.08 bits per heavy atom. The van der Waals surface area contributed by atoms with Crippen LogP contribution in [0.1, 0.15) is 0 Å². The SMILES string of the molecule is [Pt].[c-]1c(N(c2[c-]c3c(cc2)c2ccccc2n3-c2cc(-c3ccccc3-c3ccccc3)ccn2)c2ccccc2)cccc1-n1[cH+]n(-c2ccccc2)c2ccccc21. The molecule has 0 unspecified atom stereocenters. The average Bonchev–Trinajstić information content (AvgIpc) is 3.87. The van der Waals surface area contributed by atoms with Crippen LogP contribution in [0.2, 0.25) is 0 Å². The van der Waals surface area contributed by atoms with Gasteiger partial charge in [-0.3, -0.25) is 0 Å². The maximum Gasteiger partial charge on any atom is 0.168 e. The van der Waals surface area contributed by atoms with E-state index in [-0.39, 0.29) is 21.1 Å². The molecule has 0 N–H and O–H groups in total. The number of hydrogen-bond donors (Lipinski definition) is 0. The summed E-state index contributed by atoms with van der Waals surface area (Å²) >= 11 is 0. The molecule has 0 fully saturated rings. The molecule has 5 nitrogen and oxygen atoms in total. The van der Waals surface area contributed by atoms with Crippen LogP contribution in [0, 0.1) is 12.1 Å². The topological polar surface area (TPSA) is 30.9 Å². The van der Waals surface area contributed by atoms with Gasteiger partial charge in [0.15, 0.2) is 17.4 Å². The first-order valence-corrected chi connectivity index (χ1v) is 19.8. The molecule has 11 rings (SSSR count). The van der Waals surface area contributed by atoms with Crippen molar-refractivity contribution in [3.8, 4) is 39.4 Å². The number of nitrogens with zero attached hydrogens (tertiary/aromatic N) is 5. The van der Waals surface area contributed by atoms with E-state index in [9.17, 15) is 0 Å². The van der Waals surface area contributed by atoms with Crippen molar-refractivity contribution < 1.29 is 21.1 Å². The van der Waals surface area contributed by atoms with E-state index in [0.717, 1.165) is 78.2 Å². The van der Waals surface area contributed by atoms with E-state index in [4.69, 9.17) is 4.98 Å². The van der Waals surface area contributed by atoms with E-state index in [1.807, 2.05) is 12.3 Å². The molecule has 0 saturated carbocycles. The molecule has 60 heavy (non-hydrogen) atoms. The van der Waals surface area contributed by atoms with Crippen LogP contribution in [0.25, 0.3) is 72.3 Å². The van der Waals surface area contributed by atoms with E-state index >= 15 is 0 Å². The van der Waals surface area contributed by atoms with Gasteiger partial charge < -0.3 is 9.47 Å². The summed E-state index contributed by atoms with van der Waals surface area (Å²) in [6.07, 6.45) is 4.07. The largest absolute Gasteiger partial charge is 0.358 e. The number of anilines is 3. The molecule has 6 heteroatoms. The quantitative estimate of drug-likeness (QED) is 0.142. The summed E-state index contributed by atoms with van der Waals surface area (Å²) in [4.78, 5) is 7.25. The van der Waals surface area contributed by atoms with Gasteiger partial charge in [-0.1, -0.05) is 144 Å². The van der Waals surface area contributed by atoms with Gasteiger partial charge in [-0.05, 0) is 70.1 Å². The zero-order valence-electron chi connectivity index (χ0n) is 32.3. The molecule has 0 atom stereocenters. The Morgan fingerprint density at radius 3 is 1.85 bits per heavy atom. The number of hydrogen-bond acceptors (Lipinski definition) is 2. The van der Waals surface area contributed by atoms with Crippen LogP contribution in [0.3, 0.4) is 0 Å². The molecule has 0 radical (unpaired) electrons. The summed E-state index contributed by atoms with van der Waals surface area (Å²) in [6.45, 7) is 0. The minimum Gasteiger partial charge on any atom is -0.358 e. The van der Waals surface area contributed by atoms with E-state index in [1.165, 1.54) is 11.1 Å². The van der Waals surface area contributed by atoms with Crippen molar-refractivity contribution in [2.45, 2.75) is 0 Å². The first-order chi connectivity index (χ1) is 29.3. The van der Waals surface area contributed by atoms with Crippen molar-refractivity contribution in [3.05, 3.63) is 231 Å². The fourth-order valence-corrected chi connectivity index (χ4v) is 8.36. The van der Waals surface area contributed by atoms with Gasteiger partial charge in [-0.15, -0.1) is 29.7 Å². The van der Waals surface area contributed by atoms with Gasteiger partial charge in [0.05, 0.1) is 0 Å². The Balaban J connectivity index is 0.00000433. The van der Waals surface area contributed by atoms with Gasteiger partial charge in [0.25, 0.3) is 0 Å². The van der Waals surface area contributed by atoms with Crippen molar-refractivity contribution in [1.82, 2.24) is 18.7 Å². The Morgan fingerprint density at radius 1 is 0.467 bits per heavy atom. The summed E-state index contributed by atoms with van der Waals surface area (Å²) in [7, 11) is 0. The first kappa shape index (κ1) is 37.0. The van der Waals surface area contributed by atoms with Crippen molar-refractivity contribution in [2.75, 3.05) is 4.90 Å². The van der Waals surface area contributed by atoms with Gasteiger partial charge in [0.1, 0.15) is 11.5 Å². The predicted octanol–water partition coefficient (Wildman–Crippen LogP) is 13.6. The van der Waals surface area contributed by atoms with Crippen LogP contribution in [-0.4, -0.2) is 18.7 Å². The molecule has 0 spiro atoms. The Kier molecular flexibility index (Phi) is 9.73. The number of rotatable bonds is 8. The van der Waals surface area contributed by atoms with Crippen molar-refractivity contribution in [1.29, 1.82) is 0 Å². The number of fused-ring (bicyclic) bond motifs is 4. The maximum absolute atomic E-state index is 5.01. The second-order valence-electron chi connectivity index (χ2n) is 14.5. The van der Waals surface area contributed by atoms with Gasteiger partial charge in [0, 0.05) is 56.3 Å².